The number of hydrogen-bond donors (Lipinski definition) is 3. The molecule has 0 radical (unpaired) electrons. The Labute approximate surface area is 98.0 Å². The topological polar surface area (TPSA) is 78.1 Å². The third kappa shape index (κ3) is 3.30. The van der Waals surface area contributed by atoms with Crippen molar-refractivity contribution in [1.82, 2.24) is 0 Å². The SMILES string of the molecule is Cc1cc(CCN)c(CCN)c(CCN)c1. The van der Waals surface area contributed by atoms with E-state index in [1.165, 1.54) is 22.3 Å². The van der Waals surface area contributed by atoms with E-state index in [0.717, 1.165) is 19.3 Å². The van der Waals surface area contributed by atoms with E-state index in [1.54, 1.807) is 0 Å². The van der Waals surface area contributed by atoms with Crippen LogP contribution in [0.1, 0.15) is 22.3 Å². The van der Waals surface area contributed by atoms with Crippen molar-refractivity contribution < 1.29 is 0 Å². The molecule has 0 aliphatic rings. The van der Waals surface area contributed by atoms with E-state index in [-0.39, 0.29) is 0 Å². The minimum atomic E-state index is 0.679. The zero-order valence-corrected chi connectivity index (χ0v) is 10.1. The van der Waals surface area contributed by atoms with Crippen LogP contribution in [-0.2, 0) is 19.3 Å². The molecule has 0 aliphatic carbocycles. The van der Waals surface area contributed by atoms with Gasteiger partial charge in [-0.15, -0.1) is 0 Å². The molecule has 0 spiro atoms. The molecule has 1 aromatic rings. The maximum absolute atomic E-state index is 5.67. The lowest BCUT2D eigenvalue weighted by Gasteiger charge is -2.15. The monoisotopic (exact) mass is 221 g/mol. The van der Waals surface area contributed by atoms with Crippen LogP contribution >= 0.6 is 0 Å². The molecule has 0 aromatic heterocycles. The van der Waals surface area contributed by atoms with Gasteiger partial charge in [-0.3, -0.25) is 0 Å². The van der Waals surface area contributed by atoms with Crippen molar-refractivity contribution in [2.45, 2.75) is 26.2 Å². The molecule has 3 heteroatoms. The van der Waals surface area contributed by atoms with E-state index in [2.05, 4.69) is 19.1 Å². The molecule has 1 aromatic carbocycles. The lowest BCUT2D eigenvalue weighted by Crippen LogP contribution is -2.14. The number of benzene rings is 1. The summed E-state index contributed by atoms with van der Waals surface area (Å²) in [6.45, 7) is 4.16. The molecule has 0 unspecified atom stereocenters. The smallest absolute Gasteiger partial charge is 0.00365 e. The Kier molecular flexibility index (Phi) is 5.46. The molecule has 6 N–H and O–H groups in total. The summed E-state index contributed by atoms with van der Waals surface area (Å²) in [5, 5.41) is 0. The molecular weight excluding hydrogens is 198 g/mol. The van der Waals surface area contributed by atoms with Gasteiger partial charge in [-0.25, -0.2) is 0 Å². The maximum Gasteiger partial charge on any atom is -0.00365 e. The van der Waals surface area contributed by atoms with Gasteiger partial charge in [0, 0.05) is 0 Å². The molecule has 16 heavy (non-hydrogen) atoms. The number of nitrogens with two attached hydrogens (primary N) is 3. The zero-order chi connectivity index (χ0) is 12.0. The minimum absolute atomic E-state index is 0.679. The van der Waals surface area contributed by atoms with Gasteiger partial charge in [-0.1, -0.05) is 17.7 Å². The van der Waals surface area contributed by atoms with Gasteiger partial charge in [0.1, 0.15) is 0 Å². The van der Waals surface area contributed by atoms with Crippen molar-refractivity contribution in [2.24, 2.45) is 17.2 Å². The second-order valence-electron chi connectivity index (χ2n) is 4.18. The largest absolute Gasteiger partial charge is 0.330 e. The average molecular weight is 221 g/mol. The molecule has 0 saturated carbocycles. The third-order valence-corrected chi connectivity index (χ3v) is 2.80. The molecule has 0 bridgehead atoms. The molecule has 1 rings (SSSR count). The summed E-state index contributed by atoms with van der Waals surface area (Å²) in [5.41, 5.74) is 22.3. The highest BCUT2D eigenvalue weighted by Gasteiger charge is 2.08. The van der Waals surface area contributed by atoms with Crippen LogP contribution in [0.2, 0.25) is 0 Å². The minimum Gasteiger partial charge on any atom is -0.330 e. The first-order valence-electron chi connectivity index (χ1n) is 5.94. The maximum atomic E-state index is 5.67. The molecule has 0 heterocycles. The first-order valence-corrected chi connectivity index (χ1v) is 5.94. The van der Waals surface area contributed by atoms with Crippen molar-refractivity contribution >= 4 is 0 Å². The van der Waals surface area contributed by atoms with E-state index in [9.17, 15) is 0 Å². The van der Waals surface area contributed by atoms with E-state index < -0.39 is 0 Å². The first-order chi connectivity index (χ1) is 7.72. The van der Waals surface area contributed by atoms with Crippen molar-refractivity contribution in [3.63, 3.8) is 0 Å². The zero-order valence-electron chi connectivity index (χ0n) is 10.1. The van der Waals surface area contributed by atoms with Crippen LogP contribution < -0.4 is 17.2 Å². The summed E-state index contributed by atoms with van der Waals surface area (Å²) in [5.74, 6) is 0. The van der Waals surface area contributed by atoms with E-state index in [1.807, 2.05) is 0 Å². The van der Waals surface area contributed by atoms with Crippen LogP contribution in [0.25, 0.3) is 0 Å². The fraction of sp³-hybridized carbons (Fsp3) is 0.538. The van der Waals surface area contributed by atoms with Crippen LogP contribution in [0.4, 0.5) is 0 Å². The van der Waals surface area contributed by atoms with E-state index >= 15 is 0 Å². The number of rotatable bonds is 6. The van der Waals surface area contributed by atoms with Gasteiger partial charge in [-0.05, 0) is 62.5 Å². The van der Waals surface area contributed by atoms with Gasteiger partial charge in [0.05, 0.1) is 0 Å². The van der Waals surface area contributed by atoms with Crippen LogP contribution in [0, 0.1) is 6.92 Å². The van der Waals surface area contributed by atoms with Gasteiger partial charge in [0.2, 0.25) is 0 Å². The van der Waals surface area contributed by atoms with Crippen LogP contribution in [0.5, 0.6) is 0 Å². The summed E-state index contributed by atoms with van der Waals surface area (Å²) < 4.78 is 0. The highest BCUT2D eigenvalue weighted by atomic mass is 14.5. The van der Waals surface area contributed by atoms with Crippen molar-refractivity contribution in [3.8, 4) is 0 Å². The summed E-state index contributed by atoms with van der Waals surface area (Å²) in [6, 6.07) is 4.44. The van der Waals surface area contributed by atoms with Crippen molar-refractivity contribution in [1.29, 1.82) is 0 Å². The number of hydrogen-bond acceptors (Lipinski definition) is 3. The molecule has 0 fully saturated rings. The lowest BCUT2D eigenvalue weighted by molar-refractivity contribution is 0.865. The molecule has 90 valence electrons. The normalized spacial score (nSPS) is 10.8. The van der Waals surface area contributed by atoms with Gasteiger partial charge in [0.15, 0.2) is 0 Å². The van der Waals surface area contributed by atoms with Crippen LogP contribution in [-0.4, -0.2) is 19.6 Å². The summed E-state index contributed by atoms with van der Waals surface area (Å²) in [7, 11) is 0. The summed E-state index contributed by atoms with van der Waals surface area (Å²) in [6.07, 6.45) is 2.77. The second-order valence-corrected chi connectivity index (χ2v) is 4.18. The highest BCUT2D eigenvalue weighted by molar-refractivity contribution is 5.40. The number of aryl methyl sites for hydroxylation is 1. The van der Waals surface area contributed by atoms with E-state index in [4.69, 9.17) is 17.2 Å². The molecule has 3 nitrogen and oxygen atoms in total. The lowest BCUT2D eigenvalue weighted by atomic mass is 9.92. The predicted molar refractivity (Wildman–Crippen MR) is 69.5 cm³/mol. The third-order valence-electron chi connectivity index (χ3n) is 2.80. The standard InChI is InChI=1S/C13H23N3/c1-10-8-11(2-5-14)13(4-7-16)12(9-10)3-6-15/h8-9H,2-7,14-16H2,1H3. The quantitative estimate of drug-likeness (QED) is 0.654. The van der Waals surface area contributed by atoms with Crippen molar-refractivity contribution in [3.05, 3.63) is 34.4 Å². The molecular formula is C13H23N3. The molecule has 0 aliphatic heterocycles. The highest BCUT2D eigenvalue weighted by Crippen LogP contribution is 2.19. The fourth-order valence-electron chi connectivity index (χ4n) is 2.19. The van der Waals surface area contributed by atoms with Crippen molar-refractivity contribution in [2.75, 3.05) is 19.6 Å². The van der Waals surface area contributed by atoms with Gasteiger partial charge in [-0.2, -0.15) is 0 Å². The van der Waals surface area contributed by atoms with E-state index in [0.29, 0.717) is 19.6 Å². The summed E-state index contributed by atoms with van der Waals surface area (Å²) in [4.78, 5) is 0. The van der Waals surface area contributed by atoms with Crippen LogP contribution in [0.3, 0.4) is 0 Å². The Balaban J connectivity index is 3.12. The van der Waals surface area contributed by atoms with Gasteiger partial charge < -0.3 is 17.2 Å². The molecule has 0 atom stereocenters. The van der Waals surface area contributed by atoms with Crippen LogP contribution in [0.15, 0.2) is 12.1 Å². The Morgan fingerprint density at radius 2 is 1.25 bits per heavy atom. The van der Waals surface area contributed by atoms with Gasteiger partial charge >= 0.3 is 0 Å². The Hall–Kier alpha value is -0.900. The first kappa shape index (κ1) is 13.2. The Bertz CT molecular complexity index is 307. The fourth-order valence-corrected chi connectivity index (χ4v) is 2.19. The predicted octanol–water partition coefficient (Wildman–Crippen LogP) is 0.499. The Morgan fingerprint density at radius 1 is 0.812 bits per heavy atom. The molecule has 0 amide bonds. The summed E-state index contributed by atoms with van der Waals surface area (Å²) >= 11 is 0. The average Bonchev–Trinajstić information content (AvgIpc) is 2.24. The second kappa shape index (κ2) is 6.63. The Morgan fingerprint density at radius 3 is 1.62 bits per heavy atom. The molecule has 0 saturated heterocycles. The van der Waals surface area contributed by atoms with Gasteiger partial charge in [0.25, 0.3) is 0 Å².